The lowest BCUT2D eigenvalue weighted by molar-refractivity contribution is -0.122. The molecule has 134 valence electrons. The summed E-state index contributed by atoms with van der Waals surface area (Å²) >= 11 is 19.9. The average Bonchev–Trinajstić information content (AvgIpc) is 2.93. The summed E-state index contributed by atoms with van der Waals surface area (Å²) in [6, 6.07) is 11.5. The second-order valence-corrected chi connectivity index (χ2v) is 6.96. The summed E-state index contributed by atoms with van der Waals surface area (Å²) in [5.41, 5.74) is 2.13. The molecule has 0 aliphatic rings. The second-order valence-electron chi connectivity index (χ2n) is 4.60. The van der Waals surface area contributed by atoms with E-state index in [-0.39, 0.29) is 6.47 Å². The third kappa shape index (κ3) is 6.15. The molecule has 0 radical (unpaired) electrons. The molecule has 0 bridgehead atoms. The van der Waals surface area contributed by atoms with Crippen molar-refractivity contribution in [3.63, 3.8) is 0 Å². The Balaban J connectivity index is 0.000000567. The number of hydrogen-bond acceptors (Lipinski definition) is 2. The van der Waals surface area contributed by atoms with Crippen LogP contribution in [0.25, 0.3) is 10.9 Å². The van der Waals surface area contributed by atoms with E-state index in [2.05, 4.69) is 11.1 Å². The molecular weight excluding hydrogens is 401 g/mol. The van der Waals surface area contributed by atoms with Crippen LogP contribution in [0.2, 0.25) is 15.1 Å². The Morgan fingerprint density at radius 1 is 1.00 bits per heavy atom. The number of rotatable bonds is 2. The number of aryl methyl sites for hydroxylation is 1. The molecule has 3 nitrogen and oxygen atoms in total. The topological polar surface area (TPSA) is 53.1 Å². The molecule has 0 saturated carbocycles. The maximum Gasteiger partial charge on any atom is 0.290 e. The van der Waals surface area contributed by atoms with E-state index in [1.54, 1.807) is 17.8 Å². The first-order chi connectivity index (χ1) is 11.9. The minimum Gasteiger partial charge on any atom is -0.483 e. The normalized spacial score (nSPS) is 9.68. The van der Waals surface area contributed by atoms with Gasteiger partial charge >= 0.3 is 0 Å². The number of halogens is 3. The molecule has 25 heavy (non-hydrogen) atoms. The Bertz CT molecular complexity index is 850. The molecular formula is C18H18Cl3NO2S. The number of benzene rings is 2. The van der Waals surface area contributed by atoms with E-state index in [0.29, 0.717) is 15.1 Å². The van der Waals surface area contributed by atoms with Gasteiger partial charge in [-0.15, -0.1) is 0 Å². The summed E-state index contributed by atoms with van der Waals surface area (Å²) in [6.45, 7) is 5.78. The lowest BCUT2D eigenvalue weighted by Crippen LogP contribution is -1.79. The predicted octanol–water partition coefficient (Wildman–Crippen LogP) is 7.31. The standard InChI is InChI=1S/C15H10Cl3NS.C2H6.CH2O2/c1-8-4-11-13(19-8)6-10(17)7-15(11)20-14-3-2-9(16)5-12(14)18;1-2;2-1-3/h2-7,19H,1H3;1-2H3;1H,(H,2,3). The smallest absolute Gasteiger partial charge is 0.290 e. The molecule has 0 fully saturated rings. The number of hydrogen-bond donors (Lipinski definition) is 2. The van der Waals surface area contributed by atoms with E-state index in [1.165, 1.54) is 0 Å². The fourth-order valence-corrected chi connectivity index (χ4v) is 3.87. The molecule has 3 rings (SSSR count). The van der Waals surface area contributed by atoms with Crippen LogP contribution in [0, 0.1) is 6.92 Å². The minimum atomic E-state index is -0.250. The average molecular weight is 419 g/mol. The van der Waals surface area contributed by atoms with Crippen molar-refractivity contribution in [1.29, 1.82) is 0 Å². The number of H-pyrrole nitrogens is 1. The molecule has 0 spiro atoms. The third-order valence-electron chi connectivity index (χ3n) is 2.91. The molecule has 0 atom stereocenters. The maximum absolute atomic E-state index is 8.36. The van der Waals surface area contributed by atoms with Crippen molar-refractivity contribution < 1.29 is 9.90 Å². The van der Waals surface area contributed by atoms with Crippen molar-refractivity contribution in [3.8, 4) is 0 Å². The van der Waals surface area contributed by atoms with E-state index >= 15 is 0 Å². The van der Waals surface area contributed by atoms with Crippen LogP contribution in [-0.2, 0) is 4.79 Å². The Morgan fingerprint density at radius 3 is 2.24 bits per heavy atom. The van der Waals surface area contributed by atoms with Crippen LogP contribution in [0.3, 0.4) is 0 Å². The largest absolute Gasteiger partial charge is 0.483 e. The van der Waals surface area contributed by atoms with Crippen LogP contribution >= 0.6 is 46.6 Å². The number of aromatic nitrogens is 1. The van der Waals surface area contributed by atoms with Crippen molar-refractivity contribution in [2.75, 3.05) is 0 Å². The van der Waals surface area contributed by atoms with Crippen LogP contribution in [-0.4, -0.2) is 16.6 Å². The summed E-state index contributed by atoms with van der Waals surface area (Å²) in [6.07, 6.45) is 0. The first kappa shape index (κ1) is 21.7. The van der Waals surface area contributed by atoms with E-state index in [9.17, 15) is 0 Å². The highest BCUT2D eigenvalue weighted by molar-refractivity contribution is 7.99. The van der Waals surface area contributed by atoms with Crippen molar-refractivity contribution >= 4 is 63.9 Å². The van der Waals surface area contributed by atoms with Gasteiger partial charge in [0.2, 0.25) is 0 Å². The van der Waals surface area contributed by atoms with Gasteiger partial charge in [-0.05, 0) is 43.3 Å². The summed E-state index contributed by atoms with van der Waals surface area (Å²) in [4.78, 5) is 13.7. The fourth-order valence-electron chi connectivity index (χ4n) is 2.07. The predicted molar refractivity (Wildman–Crippen MR) is 109 cm³/mol. The van der Waals surface area contributed by atoms with Gasteiger partial charge < -0.3 is 10.1 Å². The van der Waals surface area contributed by atoms with Crippen molar-refractivity contribution in [1.82, 2.24) is 4.98 Å². The first-order valence-electron chi connectivity index (χ1n) is 7.44. The molecule has 2 N–H and O–H groups in total. The summed E-state index contributed by atoms with van der Waals surface area (Å²) in [7, 11) is 0. The lowest BCUT2D eigenvalue weighted by atomic mass is 10.2. The van der Waals surface area contributed by atoms with Gasteiger partial charge in [0, 0.05) is 36.4 Å². The van der Waals surface area contributed by atoms with Crippen LogP contribution in [0.5, 0.6) is 0 Å². The zero-order valence-corrected chi connectivity index (χ0v) is 17.0. The van der Waals surface area contributed by atoms with Crippen LogP contribution in [0.4, 0.5) is 0 Å². The highest BCUT2D eigenvalue weighted by Crippen LogP contribution is 2.39. The number of nitrogens with one attached hydrogen (secondary N) is 1. The molecule has 0 saturated heterocycles. The zero-order chi connectivity index (χ0) is 19.0. The Kier molecular flexibility index (Phi) is 9.22. The van der Waals surface area contributed by atoms with Gasteiger partial charge in [-0.25, -0.2) is 0 Å². The molecule has 1 aromatic heterocycles. The first-order valence-corrected chi connectivity index (χ1v) is 9.39. The quantitative estimate of drug-likeness (QED) is 0.429. The maximum atomic E-state index is 8.36. The Labute approximate surface area is 166 Å². The highest BCUT2D eigenvalue weighted by Gasteiger charge is 2.10. The van der Waals surface area contributed by atoms with E-state index < -0.39 is 0 Å². The third-order valence-corrected chi connectivity index (χ3v) is 4.93. The van der Waals surface area contributed by atoms with Crippen LogP contribution < -0.4 is 0 Å². The van der Waals surface area contributed by atoms with Crippen molar-refractivity contribution in [2.24, 2.45) is 0 Å². The Hall–Kier alpha value is -1.33. The fraction of sp³-hybridized carbons (Fsp3) is 0.167. The summed E-state index contributed by atoms with van der Waals surface area (Å²) in [5.74, 6) is 0. The molecule has 7 heteroatoms. The van der Waals surface area contributed by atoms with Gasteiger partial charge in [0.25, 0.3) is 6.47 Å². The highest BCUT2D eigenvalue weighted by atomic mass is 35.5. The second kappa shape index (κ2) is 10.6. The van der Waals surface area contributed by atoms with Crippen LogP contribution in [0.15, 0.2) is 46.2 Å². The molecule has 0 unspecified atom stereocenters. The molecule has 0 amide bonds. The van der Waals surface area contributed by atoms with Crippen molar-refractivity contribution in [2.45, 2.75) is 30.6 Å². The number of carboxylic acid groups (broad SMARTS) is 1. The number of carbonyl (C=O) groups is 1. The summed E-state index contributed by atoms with van der Waals surface area (Å²) < 4.78 is 0. The monoisotopic (exact) mass is 417 g/mol. The van der Waals surface area contributed by atoms with Gasteiger partial charge in [-0.2, -0.15) is 0 Å². The zero-order valence-electron chi connectivity index (χ0n) is 13.9. The van der Waals surface area contributed by atoms with Gasteiger partial charge in [0.15, 0.2) is 0 Å². The van der Waals surface area contributed by atoms with Gasteiger partial charge in [-0.3, -0.25) is 4.79 Å². The lowest BCUT2D eigenvalue weighted by Gasteiger charge is -2.06. The molecule has 3 aromatic rings. The number of fused-ring (bicyclic) bond motifs is 1. The Morgan fingerprint density at radius 2 is 1.64 bits per heavy atom. The van der Waals surface area contributed by atoms with Crippen molar-refractivity contribution in [3.05, 3.63) is 57.2 Å². The van der Waals surface area contributed by atoms with E-state index in [1.807, 2.05) is 45.0 Å². The van der Waals surface area contributed by atoms with E-state index in [0.717, 1.165) is 26.4 Å². The summed E-state index contributed by atoms with van der Waals surface area (Å²) in [5, 5.41) is 10.0. The molecule has 0 aliphatic carbocycles. The van der Waals surface area contributed by atoms with Gasteiger partial charge in [0.1, 0.15) is 0 Å². The van der Waals surface area contributed by atoms with E-state index in [4.69, 9.17) is 44.7 Å². The number of aromatic amines is 1. The van der Waals surface area contributed by atoms with Crippen LogP contribution in [0.1, 0.15) is 19.5 Å². The van der Waals surface area contributed by atoms with Gasteiger partial charge in [-0.1, -0.05) is 60.4 Å². The minimum absolute atomic E-state index is 0.250. The van der Waals surface area contributed by atoms with Gasteiger partial charge in [0.05, 0.1) is 5.02 Å². The molecule has 1 heterocycles. The SMILES string of the molecule is CC.Cc1cc2c(Sc3ccc(Cl)cc3Cl)cc(Cl)cc2[nH]1.O=CO. The molecule has 2 aromatic carbocycles. The molecule has 0 aliphatic heterocycles.